The van der Waals surface area contributed by atoms with Crippen LogP contribution in [0.25, 0.3) is 11.0 Å². The molecule has 2 heterocycles. The Bertz CT molecular complexity index is 1210. The maximum atomic E-state index is 6.41. The summed E-state index contributed by atoms with van der Waals surface area (Å²) in [4.78, 5) is 8.65. The van der Waals surface area contributed by atoms with E-state index in [0.717, 1.165) is 22.2 Å². The SMILES string of the molecule is [B]c1cn(C(c2ccccc2)(c2ccccc2)c2ccccc2)c2cnc(Cl)nc12. The van der Waals surface area contributed by atoms with E-state index < -0.39 is 5.54 Å². The van der Waals surface area contributed by atoms with E-state index in [1.165, 1.54) is 0 Å². The lowest BCUT2D eigenvalue weighted by atomic mass is 9.76. The molecule has 0 aliphatic carbocycles. The third kappa shape index (κ3) is 2.84. The van der Waals surface area contributed by atoms with Crippen molar-refractivity contribution in [2.45, 2.75) is 5.54 Å². The van der Waals surface area contributed by atoms with Gasteiger partial charge in [0.25, 0.3) is 0 Å². The minimum atomic E-state index is -0.670. The first kappa shape index (κ1) is 18.7. The highest BCUT2D eigenvalue weighted by molar-refractivity contribution is 6.38. The van der Waals surface area contributed by atoms with E-state index >= 15 is 0 Å². The minimum absolute atomic E-state index is 0.177. The van der Waals surface area contributed by atoms with Gasteiger partial charge >= 0.3 is 0 Å². The molecule has 0 fully saturated rings. The van der Waals surface area contributed by atoms with Gasteiger partial charge in [0.2, 0.25) is 5.28 Å². The second-order valence-electron chi connectivity index (χ2n) is 7.14. The number of hydrogen-bond acceptors (Lipinski definition) is 2. The Morgan fingerprint density at radius 1 is 0.733 bits per heavy atom. The summed E-state index contributed by atoms with van der Waals surface area (Å²) >= 11 is 6.08. The summed E-state index contributed by atoms with van der Waals surface area (Å²) in [6.45, 7) is 0. The van der Waals surface area contributed by atoms with Crippen LogP contribution in [0.5, 0.6) is 0 Å². The van der Waals surface area contributed by atoms with Crippen LogP contribution in [0.15, 0.2) is 103 Å². The molecule has 0 aliphatic heterocycles. The summed E-state index contributed by atoms with van der Waals surface area (Å²) in [5, 5.41) is 0.177. The average Bonchev–Trinajstić information content (AvgIpc) is 3.12. The number of aromatic nitrogens is 3. The number of benzene rings is 3. The normalized spacial score (nSPS) is 11.6. The molecule has 0 amide bonds. The van der Waals surface area contributed by atoms with Crippen LogP contribution in [0, 0.1) is 0 Å². The zero-order valence-electron chi connectivity index (χ0n) is 16.1. The molecule has 3 aromatic carbocycles. The Balaban J connectivity index is 1.98. The molecule has 5 aromatic rings. The lowest BCUT2D eigenvalue weighted by Gasteiger charge is -2.38. The smallest absolute Gasteiger partial charge is 0.222 e. The number of rotatable bonds is 4. The van der Waals surface area contributed by atoms with Crippen molar-refractivity contribution in [2.24, 2.45) is 0 Å². The number of halogens is 1. The van der Waals surface area contributed by atoms with Gasteiger partial charge in [0.15, 0.2) is 0 Å². The van der Waals surface area contributed by atoms with Crippen molar-refractivity contribution in [3.05, 3.63) is 125 Å². The molecule has 0 bridgehead atoms. The predicted octanol–water partition coefficient (Wildman–Crippen LogP) is 4.72. The molecule has 3 nitrogen and oxygen atoms in total. The lowest BCUT2D eigenvalue weighted by Crippen LogP contribution is -2.37. The van der Waals surface area contributed by atoms with Gasteiger partial charge in [0, 0.05) is 6.20 Å². The van der Waals surface area contributed by atoms with Crippen molar-refractivity contribution in [1.29, 1.82) is 0 Å². The highest BCUT2D eigenvalue weighted by Gasteiger charge is 2.39. The highest BCUT2D eigenvalue weighted by Crippen LogP contribution is 2.42. The molecular weight excluding hydrogens is 389 g/mol. The first-order chi connectivity index (χ1) is 14.7. The van der Waals surface area contributed by atoms with E-state index in [2.05, 4.69) is 87.3 Å². The van der Waals surface area contributed by atoms with Crippen molar-refractivity contribution in [2.75, 3.05) is 0 Å². The molecule has 0 unspecified atom stereocenters. The first-order valence-corrected chi connectivity index (χ1v) is 10.0. The van der Waals surface area contributed by atoms with Crippen LogP contribution >= 0.6 is 11.6 Å². The minimum Gasteiger partial charge on any atom is -0.327 e. The summed E-state index contributed by atoms with van der Waals surface area (Å²) in [5.41, 5.74) is 4.66. The molecular formula is C25H17BClN3. The van der Waals surface area contributed by atoms with Gasteiger partial charge in [-0.2, -0.15) is 0 Å². The van der Waals surface area contributed by atoms with Gasteiger partial charge in [-0.15, -0.1) is 0 Å². The van der Waals surface area contributed by atoms with E-state index in [1.54, 1.807) is 6.20 Å². The molecule has 142 valence electrons. The van der Waals surface area contributed by atoms with Crippen LogP contribution in [-0.2, 0) is 5.54 Å². The van der Waals surface area contributed by atoms with E-state index in [1.807, 2.05) is 24.4 Å². The van der Waals surface area contributed by atoms with Crippen LogP contribution < -0.4 is 5.46 Å². The van der Waals surface area contributed by atoms with Crippen LogP contribution in [0.4, 0.5) is 0 Å². The quantitative estimate of drug-likeness (QED) is 0.246. The zero-order valence-corrected chi connectivity index (χ0v) is 16.9. The fraction of sp³-hybridized carbons (Fsp3) is 0.0400. The van der Waals surface area contributed by atoms with Crippen molar-refractivity contribution >= 4 is 35.9 Å². The highest BCUT2D eigenvalue weighted by atomic mass is 35.5. The second kappa shape index (κ2) is 7.47. The molecule has 5 rings (SSSR count). The molecule has 0 saturated heterocycles. The number of fused-ring (bicyclic) bond motifs is 1. The van der Waals surface area contributed by atoms with Crippen LogP contribution in [0.3, 0.4) is 0 Å². The van der Waals surface area contributed by atoms with Crippen LogP contribution in [0.2, 0.25) is 5.28 Å². The summed E-state index contributed by atoms with van der Waals surface area (Å²) in [7, 11) is 6.41. The molecule has 0 aliphatic rings. The lowest BCUT2D eigenvalue weighted by molar-refractivity contribution is 0.534. The summed E-state index contributed by atoms with van der Waals surface area (Å²) in [6, 6.07) is 31.2. The Kier molecular flexibility index (Phi) is 4.64. The van der Waals surface area contributed by atoms with Crippen molar-refractivity contribution in [3.63, 3.8) is 0 Å². The van der Waals surface area contributed by atoms with Gasteiger partial charge in [-0.25, -0.2) is 9.97 Å². The zero-order chi connectivity index (χ0) is 20.6. The third-order valence-corrected chi connectivity index (χ3v) is 5.66. The monoisotopic (exact) mass is 405 g/mol. The van der Waals surface area contributed by atoms with E-state index in [-0.39, 0.29) is 5.28 Å². The molecule has 2 aromatic heterocycles. The Morgan fingerprint density at radius 3 is 1.67 bits per heavy atom. The molecule has 5 heteroatoms. The average molecular weight is 406 g/mol. The molecule has 30 heavy (non-hydrogen) atoms. The molecule has 0 saturated carbocycles. The van der Waals surface area contributed by atoms with Crippen molar-refractivity contribution in [1.82, 2.24) is 14.5 Å². The van der Waals surface area contributed by atoms with E-state index in [4.69, 9.17) is 19.4 Å². The molecule has 0 spiro atoms. The Labute approximate surface area is 181 Å². The van der Waals surface area contributed by atoms with Crippen LogP contribution in [0.1, 0.15) is 16.7 Å². The molecule has 2 radical (unpaired) electrons. The van der Waals surface area contributed by atoms with E-state index in [0.29, 0.717) is 11.0 Å². The first-order valence-electron chi connectivity index (χ1n) is 9.67. The third-order valence-electron chi connectivity index (χ3n) is 5.48. The van der Waals surface area contributed by atoms with Gasteiger partial charge in [-0.3, -0.25) is 0 Å². The Morgan fingerprint density at radius 2 is 1.20 bits per heavy atom. The largest absolute Gasteiger partial charge is 0.327 e. The standard InChI is InChI=1S/C25H17BClN3/c26-21-17-30(22-16-28-24(27)29-23(21)22)25(18-10-4-1-5-11-18,19-12-6-2-7-13-19)20-14-8-3-9-15-20/h1-17H. The summed E-state index contributed by atoms with van der Waals surface area (Å²) in [6.07, 6.45) is 3.67. The fourth-order valence-corrected chi connectivity index (χ4v) is 4.38. The number of nitrogens with zero attached hydrogens (tertiary/aromatic N) is 3. The van der Waals surface area contributed by atoms with Crippen molar-refractivity contribution < 1.29 is 0 Å². The van der Waals surface area contributed by atoms with Gasteiger partial charge in [-0.05, 0) is 28.3 Å². The van der Waals surface area contributed by atoms with Gasteiger partial charge in [0.05, 0.1) is 17.2 Å². The topological polar surface area (TPSA) is 30.7 Å². The van der Waals surface area contributed by atoms with E-state index in [9.17, 15) is 0 Å². The van der Waals surface area contributed by atoms with Crippen molar-refractivity contribution in [3.8, 4) is 0 Å². The Hall–Kier alpha value is -3.37. The fourth-order valence-electron chi connectivity index (χ4n) is 4.25. The maximum Gasteiger partial charge on any atom is 0.222 e. The predicted molar refractivity (Wildman–Crippen MR) is 123 cm³/mol. The van der Waals surface area contributed by atoms with Crippen LogP contribution in [-0.4, -0.2) is 22.4 Å². The molecule has 0 atom stereocenters. The summed E-state index contributed by atoms with van der Waals surface area (Å²) < 4.78 is 2.16. The number of hydrogen-bond donors (Lipinski definition) is 0. The maximum absolute atomic E-state index is 6.41. The van der Waals surface area contributed by atoms with Gasteiger partial charge < -0.3 is 4.57 Å². The second-order valence-corrected chi connectivity index (χ2v) is 7.47. The van der Waals surface area contributed by atoms with Gasteiger partial charge in [0.1, 0.15) is 13.4 Å². The van der Waals surface area contributed by atoms with Gasteiger partial charge in [-0.1, -0.05) is 96.5 Å². The summed E-state index contributed by atoms with van der Waals surface area (Å²) in [5.74, 6) is 0. The molecule has 0 N–H and O–H groups in total.